The lowest BCUT2D eigenvalue weighted by atomic mass is 9.96. The Hall–Kier alpha value is -3.88. The number of aromatic hydroxyl groups is 1. The maximum absolute atomic E-state index is 13.9. The Kier molecular flexibility index (Phi) is 5.69. The van der Waals surface area contributed by atoms with Gasteiger partial charge in [0.25, 0.3) is 6.47 Å². The molecule has 2 heterocycles. The van der Waals surface area contributed by atoms with E-state index in [9.17, 15) is 19.1 Å². The van der Waals surface area contributed by atoms with Gasteiger partial charge in [-0.1, -0.05) is 30.3 Å². The fraction of sp³-hybridized carbons (Fsp3) is 0.0385. The summed E-state index contributed by atoms with van der Waals surface area (Å²) in [4.78, 5) is 28.8. The van der Waals surface area contributed by atoms with E-state index in [1.807, 2.05) is 24.3 Å². The first-order valence-electron chi connectivity index (χ1n) is 10.2. The number of thiazole rings is 1. The molecule has 0 spiro atoms. The molecule has 0 aliphatic heterocycles. The fourth-order valence-electron chi connectivity index (χ4n) is 3.77. The Morgan fingerprint density at radius 2 is 1.82 bits per heavy atom. The molecule has 0 fully saturated rings. The molecular weight excluding hydrogens is 473 g/mol. The van der Waals surface area contributed by atoms with Crippen LogP contribution in [0.2, 0.25) is 0 Å². The molecule has 0 radical (unpaired) electrons. The van der Waals surface area contributed by atoms with Gasteiger partial charge in [-0.05, 0) is 48.4 Å². The first kappa shape index (κ1) is 21.9. The Balaban J connectivity index is 1.63. The SMILES string of the molecule is Cc1ccc(F)cc1C(=O)c1sc2cc(O)ccc2c1-c1ccc(-c2nc(OC=O)cs2)cc1. The molecule has 0 bridgehead atoms. The summed E-state index contributed by atoms with van der Waals surface area (Å²) < 4.78 is 19.5. The van der Waals surface area contributed by atoms with Gasteiger partial charge in [0.15, 0.2) is 0 Å². The van der Waals surface area contributed by atoms with Crippen LogP contribution in [0.4, 0.5) is 4.39 Å². The number of aryl methyl sites for hydroxylation is 1. The van der Waals surface area contributed by atoms with Crippen LogP contribution in [0.5, 0.6) is 11.6 Å². The number of ketones is 1. The van der Waals surface area contributed by atoms with E-state index in [2.05, 4.69) is 4.98 Å². The summed E-state index contributed by atoms with van der Waals surface area (Å²) in [6, 6.07) is 16.7. The highest BCUT2D eigenvalue weighted by Gasteiger charge is 2.23. The zero-order valence-corrected chi connectivity index (χ0v) is 19.4. The topological polar surface area (TPSA) is 76.5 Å². The number of fused-ring (bicyclic) bond motifs is 1. The average Bonchev–Trinajstić information content (AvgIpc) is 3.45. The molecule has 5 aromatic rings. The molecule has 34 heavy (non-hydrogen) atoms. The van der Waals surface area contributed by atoms with Crippen molar-refractivity contribution in [3.8, 4) is 33.3 Å². The van der Waals surface area contributed by atoms with Gasteiger partial charge in [0, 0.05) is 26.8 Å². The van der Waals surface area contributed by atoms with E-state index >= 15 is 0 Å². The van der Waals surface area contributed by atoms with E-state index < -0.39 is 5.82 Å². The minimum absolute atomic E-state index is 0.105. The summed E-state index contributed by atoms with van der Waals surface area (Å²) in [6.45, 7) is 2.11. The van der Waals surface area contributed by atoms with Crippen LogP contribution < -0.4 is 4.74 Å². The Bertz CT molecular complexity index is 1550. The monoisotopic (exact) mass is 489 g/mol. The van der Waals surface area contributed by atoms with Crippen molar-refractivity contribution in [3.63, 3.8) is 0 Å². The van der Waals surface area contributed by atoms with Crippen molar-refractivity contribution in [2.24, 2.45) is 0 Å². The van der Waals surface area contributed by atoms with Crippen molar-refractivity contribution >= 4 is 45.0 Å². The molecule has 5 rings (SSSR count). The summed E-state index contributed by atoms with van der Waals surface area (Å²) in [5.74, 6) is -0.401. The van der Waals surface area contributed by atoms with Crippen LogP contribution in [0.25, 0.3) is 31.8 Å². The van der Waals surface area contributed by atoms with Crippen molar-refractivity contribution < 1.29 is 23.8 Å². The molecule has 8 heteroatoms. The van der Waals surface area contributed by atoms with E-state index in [-0.39, 0.29) is 17.4 Å². The zero-order chi connectivity index (χ0) is 23.8. The number of halogens is 1. The molecule has 1 N–H and O–H groups in total. The number of carbonyl (C=O) groups is 2. The third-order valence-corrected chi connectivity index (χ3v) is 7.42. The van der Waals surface area contributed by atoms with Crippen molar-refractivity contribution in [1.82, 2.24) is 4.98 Å². The molecule has 0 unspecified atom stereocenters. The summed E-state index contributed by atoms with van der Waals surface area (Å²) >= 11 is 2.62. The van der Waals surface area contributed by atoms with Gasteiger partial charge in [0.05, 0.1) is 10.3 Å². The molecule has 0 aliphatic rings. The van der Waals surface area contributed by atoms with Crippen molar-refractivity contribution in [2.75, 3.05) is 0 Å². The molecule has 3 aromatic carbocycles. The van der Waals surface area contributed by atoms with Crippen LogP contribution in [0.3, 0.4) is 0 Å². The number of rotatable bonds is 6. The molecule has 0 aliphatic carbocycles. The third kappa shape index (κ3) is 3.98. The highest BCUT2D eigenvalue weighted by Crippen LogP contribution is 2.42. The molecule has 2 aromatic heterocycles. The van der Waals surface area contributed by atoms with Crippen LogP contribution in [0, 0.1) is 12.7 Å². The van der Waals surface area contributed by atoms with Crippen LogP contribution in [-0.4, -0.2) is 22.3 Å². The van der Waals surface area contributed by atoms with E-state index in [0.29, 0.717) is 27.5 Å². The first-order chi connectivity index (χ1) is 16.4. The third-order valence-electron chi connectivity index (χ3n) is 5.40. The number of phenolic OH excluding ortho intramolecular Hbond substituents is 1. The predicted molar refractivity (Wildman–Crippen MR) is 131 cm³/mol. The van der Waals surface area contributed by atoms with Gasteiger partial charge in [0.2, 0.25) is 11.7 Å². The molecule has 168 valence electrons. The Morgan fingerprint density at radius 3 is 2.59 bits per heavy atom. The summed E-state index contributed by atoms with van der Waals surface area (Å²) in [5.41, 5.74) is 3.35. The van der Waals surface area contributed by atoms with Gasteiger partial charge >= 0.3 is 0 Å². The number of aromatic nitrogens is 1. The minimum atomic E-state index is -0.472. The molecule has 0 amide bonds. The van der Waals surface area contributed by atoms with Crippen molar-refractivity contribution in [1.29, 1.82) is 0 Å². The lowest BCUT2D eigenvalue weighted by Crippen LogP contribution is -2.04. The van der Waals surface area contributed by atoms with Gasteiger partial charge in [-0.2, -0.15) is 0 Å². The lowest BCUT2D eigenvalue weighted by Gasteiger charge is -2.08. The quantitative estimate of drug-likeness (QED) is 0.215. The van der Waals surface area contributed by atoms with Crippen molar-refractivity contribution in [2.45, 2.75) is 6.92 Å². The van der Waals surface area contributed by atoms with E-state index in [4.69, 9.17) is 4.74 Å². The standard InChI is InChI=1S/C26H16FNO4S2/c1-14-2-7-17(27)10-20(14)24(31)25-23(19-9-8-18(30)11-21(19)34-25)15-3-5-16(6-4-15)26-28-22(12-33-26)32-13-29/h2-13,30H,1H3. The number of ether oxygens (including phenoxy) is 1. The highest BCUT2D eigenvalue weighted by molar-refractivity contribution is 7.21. The Morgan fingerprint density at radius 1 is 1.06 bits per heavy atom. The molecule has 5 nitrogen and oxygen atoms in total. The average molecular weight is 490 g/mol. The van der Waals surface area contributed by atoms with Gasteiger partial charge < -0.3 is 9.84 Å². The second-order valence-electron chi connectivity index (χ2n) is 7.56. The second kappa shape index (κ2) is 8.81. The van der Waals surface area contributed by atoms with Crippen LogP contribution in [-0.2, 0) is 4.79 Å². The smallest absolute Gasteiger partial charge is 0.299 e. The van der Waals surface area contributed by atoms with Crippen molar-refractivity contribution in [3.05, 3.63) is 87.9 Å². The van der Waals surface area contributed by atoms with Crippen LogP contribution in [0.15, 0.2) is 66.0 Å². The fourth-order valence-corrected chi connectivity index (χ4v) is 5.72. The number of hydrogen-bond donors (Lipinski definition) is 1. The molecule has 0 saturated carbocycles. The number of nitrogens with zero attached hydrogens (tertiary/aromatic N) is 1. The van der Waals surface area contributed by atoms with E-state index in [0.717, 1.165) is 26.8 Å². The number of hydrogen-bond acceptors (Lipinski definition) is 7. The predicted octanol–water partition coefficient (Wildman–Crippen LogP) is 6.61. The molecular formula is C26H16FNO4S2. The highest BCUT2D eigenvalue weighted by atomic mass is 32.1. The maximum Gasteiger partial charge on any atom is 0.299 e. The largest absolute Gasteiger partial charge is 0.508 e. The number of phenols is 1. The number of benzene rings is 3. The van der Waals surface area contributed by atoms with Crippen LogP contribution in [0.1, 0.15) is 20.8 Å². The lowest BCUT2D eigenvalue weighted by molar-refractivity contribution is -0.120. The first-order valence-corrected chi connectivity index (χ1v) is 11.9. The van der Waals surface area contributed by atoms with Gasteiger partial charge in [-0.15, -0.1) is 22.7 Å². The number of thiophene rings is 1. The summed E-state index contributed by atoms with van der Waals surface area (Å²) in [7, 11) is 0. The summed E-state index contributed by atoms with van der Waals surface area (Å²) in [6.07, 6.45) is 0. The molecule has 0 atom stereocenters. The number of carbonyl (C=O) groups excluding carboxylic acids is 2. The zero-order valence-electron chi connectivity index (χ0n) is 17.7. The Labute approximate surface area is 201 Å². The molecule has 0 saturated heterocycles. The maximum atomic E-state index is 13.9. The minimum Gasteiger partial charge on any atom is -0.508 e. The van der Waals surface area contributed by atoms with Gasteiger partial charge in [-0.25, -0.2) is 9.37 Å². The van der Waals surface area contributed by atoms with Crippen LogP contribution >= 0.6 is 22.7 Å². The summed E-state index contributed by atoms with van der Waals surface area (Å²) in [5, 5.41) is 13.1. The second-order valence-corrected chi connectivity index (χ2v) is 9.47. The normalized spacial score (nSPS) is 11.0. The van der Waals surface area contributed by atoms with E-state index in [1.165, 1.54) is 34.8 Å². The van der Waals surface area contributed by atoms with E-state index in [1.54, 1.807) is 36.6 Å². The van der Waals surface area contributed by atoms with Gasteiger partial charge in [-0.3, -0.25) is 9.59 Å². The van der Waals surface area contributed by atoms with Gasteiger partial charge in [0.1, 0.15) is 16.6 Å².